The topological polar surface area (TPSA) is 44.9 Å². The van der Waals surface area contributed by atoms with Gasteiger partial charge in [-0.2, -0.15) is 11.8 Å². The molecule has 1 heterocycles. The Kier molecular flexibility index (Phi) is 4.01. The monoisotopic (exact) mass is 288 g/mol. The number of aromatic nitrogens is 1. The van der Waals surface area contributed by atoms with Crippen molar-refractivity contribution in [2.45, 2.75) is 37.5 Å². The highest BCUT2D eigenvalue weighted by Gasteiger charge is 2.27. The van der Waals surface area contributed by atoms with Crippen LogP contribution < -0.4 is 10.9 Å². The Bertz CT molecular complexity index is 652. The van der Waals surface area contributed by atoms with Crippen LogP contribution in [0.3, 0.4) is 0 Å². The number of hydrogen-bond donors (Lipinski definition) is 2. The Hall–Kier alpha value is -1.42. The number of anilines is 1. The molecule has 20 heavy (non-hydrogen) atoms. The second kappa shape index (κ2) is 5.92. The molecule has 2 atom stereocenters. The van der Waals surface area contributed by atoms with E-state index >= 15 is 0 Å². The molecule has 0 radical (unpaired) electrons. The van der Waals surface area contributed by atoms with Gasteiger partial charge in [-0.15, -0.1) is 0 Å². The summed E-state index contributed by atoms with van der Waals surface area (Å²) in [5.74, 6) is 2.00. The van der Waals surface area contributed by atoms with Gasteiger partial charge < -0.3 is 10.3 Å². The van der Waals surface area contributed by atoms with Crippen molar-refractivity contribution in [1.82, 2.24) is 4.98 Å². The van der Waals surface area contributed by atoms with E-state index in [0.717, 1.165) is 22.3 Å². The minimum atomic E-state index is -0.0108. The van der Waals surface area contributed by atoms with E-state index in [0.29, 0.717) is 11.3 Å². The predicted octanol–water partition coefficient (Wildman–Crippen LogP) is 3.61. The van der Waals surface area contributed by atoms with Crippen molar-refractivity contribution in [1.29, 1.82) is 0 Å². The summed E-state index contributed by atoms with van der Waals surface area (Å²) in [7, 11) is 0. The molecule has 0 bridgehead atoms. The van der Waals surface area contributed by atoms with Crippen LogP contribution in [-0.4, -0.2) is 22.0 Å². The molecule has 1 aromatic heterocycles. The highest BCUT2D eigenvalue weighted by Crippen LogP contribution is 2.31. The molecule has 0 spiro atoms. The summed E-state index contributed by atoms with van der Waals surface area (Å²) in [6, 6.07) is 10.2. The molecular weight excluding hydrogens is 268 g/mol. The number of thioether (sulfide) groups is 1. The molecule has 2 aromatic rings. The molecule has 0 aliphatic heterocycles. The predicted molar refractivity (Wildman–Crippen MR) is 87.8 cm³/mol. The number of rotatable bonds is 4. The summed E-state index contributed by atoms with van der Waals surface area (Å²) in [5, 5.41) is 5.94. The Morgan fingerprint density at radius 3 is 3.05 bits per heavy atom. The molecule has 3 rings (SSSR count). The van der Waals surface area contributed by atoms with E-state index in [-0.39, 0.29) is 5.56 Å². The molecule has 1 aliphatic carbocycles. The van der Waals surface area contributed by atoms with E-state index in [1.165, 1.54) is 19.3 Å². The first-order valence-corrected chi connectivity index (χ1v) is 8.33. The van der Waals surface area contributed by atoms with Crippen LogP contribution in [0.25, 0.3) is 10.8 Å². The van der Waals surface area contributed by atoms with Crippen LogP contribution in [0.5, 0.6) is 0 Å². The van der Waals surface area contributed by atoms with Crippen LogP contribution in [0.4, 0.5) is 5.82 Å². The third-order valence-corrected chi connectivity index (χ3v) is 5.25. The number of nitrogens with one attached hydrogen (secondary N) is 2. The molecule has 1 aromatic carbocycles. The first-order valence-electron chi connectivity index (χ1n) is 7.28. The first-order chi connectivity index (χ1) is 9.78. The van der Waals surface area contributed by atoms with Gasteiger partial charge in [0.05, 0.1) is 0 Å². The zero-order valence-corrected chi connectivity index (χ0v) is 12.5. The summed E-state index contributed by atoms with van der Waals surface area (Å²) < 4.78 is 0. The van der Waals surface area contributed by atoms with Gasteiger partial charge in [0, 0.05) is 16.7 Å². The van der Waals surface area contributed by atoms with Crippen LogP contribution in [0.1, 0.15) is 26.2 Å². The Balaban J connectivity index is 1.86. The highest BCUT2D eigenvalue weighted by molar-refractivity contribution is 7.99. The van der Waals surface area contributed by atoms with Crippen molar-refractivity contribution in [2.24, 2.45) is 0 Å². The molecule has 1 saturated carbocycles. The number of aromatic amines is 1. The smallest absolute Gasteiger partial charge is 0.257 e. The molecule has 0 saturated heterocycles. The standard InChI is InChI=1S/C16H20N2OS/c1-2-20-14-9-5-8-13(14)17-15-10-11-6-3-4-7-12(11)16(19)18-15/h3-4,6-7,10,13-14H,2,5,8-9H2,1H3,(H2,17,18,19). The molecule has 1 fully saturated rings. The largest absolute Gasteiger partial charge is 0.368 e. The molecule has 106 valence electrons. The molecule has 3 nitrogen and oxygen atoms in total. The Labute approximate surface area is 123 Å². The van der Waals surface area contributed by atoms with Crippen LogP contribution in [0.15, 0.2) is 35.1 Å². The van der Waals surface area contributed by atoms with E-state index in [2.05, 4.69) is 17.2 Å². The van der Waals surface area contributed by atoms with E-state index in [4.69, 9.17) is 0 Å². The van der Waals surface area contributed by atoms with Gasteiger partial charge in [0.2, 0.25) is 0 Å². The highest BCUT2D eigenvalue weighted by atomic mass is 32.2. The summed E-state index contributed by atoms with van der Waals surface area (Å²) in [6.45, 7) is 2.21. The minimum Gasteiger partial charge on any atom is -0.368 e. The number of benzene rings is 1. The maximum Gasteiger partial charge on any atom is 0.257 e. The molecule has 1 aliphatic rings. The first kappa shape index (κ1) is 13.6. The van der Waals surface area contributed by atoms with E-state index in [1.54, 1.807) is 0 Å². The maximum atomic E-state index is 12.1. The number of fused-ring (bicyclic) bond motifs is 1. The molecular formula is C16H20N2OS. The van der Waals surface area contributed by atoms with Gasteiger partial charge in [-0.1, -0.05) is 31.5 Å². The lowest BCUT2D eigenvalue weighted by atomic mass is 10.1. The van der Waals surface area contributed by atoms with Crippen molar-refractivity contribution in [3.63, 3.8) is 0 Å². The fourth-order valence-corrected chi connectivity index (χ4v) is 4.19. The third kappa shape index (κ3) is 2.70. The lowest BCUT2D eigenvalue weighted by Crippen LogP contribution is -2.27. The van der Waals surface area contributed by atoms with Crippen molar-refractivity contribution < 1.29 is 0 Å². The van der Waals surface area contributed by atoms with Crippen LogP contribution in [0, 0.1) is 0 Å². The van der Waals surface area contributed by atoms with Gasteiger partial charge in [0.1, 0.15) is 5.82 Å². The van der Waals surface area contributed by atoms with Crippen molar-refractivity contribution in [3.05, 3.63) is 40.7 Å². The second-order valence-electron chi connectivity index (χ2n) is 5.27. The van der Waals surface area contributed by atoms with Crippen molar-refractivity contribution >= 4 is 28.4 Å². The Morgan fingerprint density at radius 2 is 2.20 bits per heavy atom. The van der Waals surface area contributed by atoms with Crippen LogP contribution in [-0.2, 0) is 0 Å². The second-order valence-corrected chi connectivity index (χ2v) is 6.79. The van der Waals surface area contributed by atoms with Crippen LogP contribution in [0.2, 0.25) is 0 Å². The van der Waals surface area contributed by atoms with Crippen LogP contribution >= 0.6 is 11.8 Å². The number of hydrogen-bond acceptors (Lipinski definition) is 3. The summed E-state index contributed by atoms with van der Waals surface area (Å²) >= 11 is 2.02. The fourth-order valence-electron chi connectivity index (χ4n) is 2.99. The average Bonchev–Trinajstić information content (AvgIpc) is 2.87. The van der Waals surface area contributed by atoms with Gasteiger partial charge in [0.15, 0.2) is 0 Å². The average molecular weight is 288 g/mol. The van der Waals surface area contributed by atoms with Gasteiger partial charge >= 0.3 is 0 Å². The SMILES string of the molecule is CCSC1CCCC1Nc1cc2ccccc2c(=O)[nH]1. The van der Waals surface area contributed by atoms with Gasteiger partial charge in [-0.3, -0.25) is 4.79 Å². The zero-order valence-electron chi connectivity index (χ0n) is 11.7. The Morgan fingerprint density at radius 1 is 1.35 bits per heavy atom. The molecule has 2 unspecified atom stereocenters. The van der Waals surface area contributed by atoms with Gasteiger partial charge in [0.25, 0.3) is 5.56 Å². The quantitative estimate of drug-likeness (QED) is 0.903. The number of pyridine rings is 1. The van der Waals surface area contributed by atoms with Crippen molar-refractivity contribution in [3.8, 4) is 0 Å². The molecule has 2 N–H and O–H groups in total. The van der Waals surface area contributed by atoms with E-state index in [1.807, 2.05) is 42.1 Å². The summed E-state index contributed by atoms with van der Waals surface area (Å²) in [5.41, 5.74) is -0.0108. The van der Waals surface area contributed by atoms with Gasteiger partial charge in [-0.05, 0) is 36.1 Å². The molecule has 0 amide bonds. The lowest BCUT2D eigenvalue weighted by molar-refractivity contribution is 0.762. The summed E-state index contributed by atoms with van der Waals surface area (Å²) in [4.78, 5) is 15.0. The zero-order chi connectivity index (χ0) is 13.9. The van der Waals surface area contributed by atoms with Crippen molar-refractivity contribution in [2.75, 3.05) is 11.1 Å². The minimum absolute atomic E-state index is 0.0108. The van der Waals surface area contributed by atoms with E-state index in [9.17, 15) is 4.79 Å². The maximum absolute atomic E-state index is 12.1. The van der Waals surface area contributed by atoms with Gasteiger partial charge in [-0.25, -0.2) is 0 Å². The third-order valence-electron chi connectivity index (χ3n) is 3.93. The fraction of sp³-hybridized carbons (Fsp3) is 0.438. The summed E-state index contributed by atoms with van der Waals surface area (Å²) in [6.07, 6.45) is 3.73. The lowest BCUT2D eigenvalue weighted by Gasteiger charge is -2.21. The number of H-pyrrole nitrogens is 1. The van der Waals surface area contributed by atoms with E-state index < -0.39 is 0 Å². The molecule has 4 heteroatoms. The normalized spacial score (nSPS) is 22.2.